The van der Waals surface area contributed by atoms with Crippen molar-refractivity contribution in [3.8, 4) is 17.2 Å². The van der Waals surface area contributed by atoms with Crippen molar-refractivity contribution < 1.29 is 14.2 Å². The number of aromatic nitrogens is 1. The van der Waals surface area contributed by atoms with Crippen molar-refractivity contribution in [3.05, 3.63) is 72.6 Å². The van der Waals surface area contributed by atoms with Crippen molar-refractivity contribution >= 4 is 5.69 Å². The molecule has 3 aromatic rings. The van der Waals surface area contributed by atoms with E-state index in [1.807, 2.05) is 43.3 Å². The smallest absolute Gasteiger partial charge is 0.158 e. The highest BCUT2D eigenvalue weighted by molar-refractivity contribution is 5.60. The summed E-state index contributed by atoms with van der Waals surface area (Å²) >= 11 is 0. The second-order valence-corrected chi connectivity index (χ2v) is 6.37. The molecule has 0 N–H and O–H groups in total. The van der Waals surface area contributed by atoms with Gasteiger partial charge in [0.25, 0.3) is 0 Å². The zero-order chi connectivity index (χ0) is 18.6. The van der Waals surface area contributed by atoms with E-state index in [-0.39, 0.29) is 6.23 Å². The highest BCUT2D eigenvalue weighted by atomic mass is 16.5. The molecule has 0 bridgehead atoms. The SMILES string of the molecule is CCOc1cccc(-n2ccc([C@@H]3OCCN3c3ccccc3OC)c2)c1. The van der Waals surface area contributed by atoms with Crippen LogP contribution in [-0.4, -0.2) is 31.4 Å². The number of para-hydroxylation sites is 2. The second kappa shape index (κ2) is 7.76. The Morgan fingerprint density at radius 1 is 1.11 bits per heavy atom. The summed E-state index contributed by atoms with van der Waals surface area (Å²) in [6.45, 7) is 4.16. The van der Waals surface area contributed by atoms with Crippen LogP contribution in [0.1, 0.15) is 18.7 Å². The van der Waals surface area contributed by atoms with Crippen LogP contribution in [0.25, 0.3) is 5.69 Å². The minimum Gasteiger partial charge on any atom is -0.495 e. The zero-order valence-corrected chi connectivity index (χ0v) is 15.7. The van der Waals surface area contributed by atoms with Crippen LogP contribution in [0.4, 0.5) is 5.69 Å². The van der Waals surface area contributed by atoms with E-state index in [1.54, 1.807) is 7.11 Å². The number of rotatable bonds is 6. The average Bonchev–Trinajstić information content (AvgIpc) is 3.38. The Kier molecular flexibility index (Phi) is 5.03. The summed E-state index contributed by atoms with van der Waals surface area (Å²) in [5, 5.41) is 0. The number of nitrogens with zero attached hydrogens (tertiary/aromatic N) is 2. The van der Waals surface area contributed by atoms with Crippen LogP contribution < -0.4 is 14.4 Å². The molecule has 4 rings (SSSR count). The Balaban J connectivity index is 1.61. The first-order valence-electron chi connectivity index (χ1n) is 9.22. The number of methoxy groups -OCH3 is 1. The van der Waals surface area contributed by atoms with Crippen molar-refractivity contribution in [2.45, 2.75) is 13.2 Å². The predicted molar refractivity (Wildman–Crippen MR) is 106 cm³/mol. The maximum Gasteiger partial charge on any atom is 0.158 e. The van der Waals surface area contributed by atoms with E-state index < -0.39 is 0 Å². The number of hydrogen-bond acceptors (Lipinski definition) is 4. The Morgan fingerprint density at radius 2 is 2.00 bits per heavy atom. The number of benzene rings is 2. The molecule has 2 aromatic carbocycles. The van der Waals surface area contributed by atoms with Crippen LogP contribution in [0.2, 0.25) is 0 Å². The summed E-state index contributed by atoms with van der Waals surface area (Å²) in [7, 11) is 1.70. The molecular formula is C22H24N2O3. The Labute approximate surface area is 159 Å². The molecule has 1 saturated heterocycles. The first kappa shape index (κ1) is 17.5. The fourth-order valence-electron chi connectivity index (χ4n) is 3.48. The molecule has 0 saturated carbocycles. The molecule has 2 heterocycles. The molecule has 0 amide bonds. The third kappa shape index (κ3) is 3.51. The molecule has 1 aliphatic heterocycles. The minimum atomic E-state index is -0.127. The fraction of sp³-hybridized carbons (Fsp3) is 0.273. The molecule has 140 valence electrons. The second-order valence-electron chi connectivity index (χ2n) is 6.37. The van der Waals surface area contributed by atoms with Gasteiger partial charge in [-0.15, -0.1) is 0 Å². The molecule has 0 radical (unpaired) electrons. The van der Waals surface area contributed by atoms with Crippen molar-refractivity contribution in [2.75, 3.05) is 31.8 Å². The first-order valence-corrected chi connectivity index (χ1v) is 9.22. The van der Waals surface area contributed by atoms with Crippen molar-refractivity contribution in [1.29, 1.82) is 0 Å². The molecule has 0 unspecified atom stereocenters. The maximum absolute atomic E-state index is 6.05. The molecule has 1 fully saturated rings. The quantitative estimate of drug-likeness (QED) is 0.649. The maximum atomic E-state index is 6.05. The summed E-state index contributed by atoms with van der Waals surface area (Å²) in [5.41, 5.74) is 3.22. The van der Waals surface area contributed by atoms with Crippen LogP contribution in [-0.2, 0) is 4.74 Å². The molecule has 5 heteroatoms. The van der Waals surface area contributed by atoms with E-state index >= 15 is 0 Å². The van der Waals surface area contributed by atoms with Gasteiger partial charge in [-0.2, -0.15) is 0 Å². The number of ether oxygens (including phenoxy) is 3. The Hall–Kier alpha value is -2.92. The van der Waals surface area contributed by atoms with Gasteiger partial charge in [0, 0.05) is 36.3 Å². The van der Waals surface area contributed by atoms with Gasteiger partial charge in [-0.1, -0.05) is 18.2 Å². The molecular weight excluding hydrogens is 340 g/mol. The van der Waals surface area contributed by atoms with Gasteiger partial charge in [0.05, 0.1) is 26.0 Å². The summed E-state index contributed by atoms with van der Waals surface area (Å²) in [5.74, 6) is 1.73. The van der Waals surface area contributed by atoms with Crippen LogP contribution in [0, 0.1) is 0 Å². The summed E-state index contributed by atoms with van der Waals surface area (Å²) in [6.07, 6.45) is 4.05. The van der Waals surface area contributed by atoms with Gasteiger partial charge in [0.15, 0.2) is 6.23 Å². The number of hydrogen-bond donors (Lipinski definition) is 0. The van der Waals surface area contributed by atoms with Gasteiger partial charge in [-0.25, -0.2) is 0 Å². The normalized spacial score (nSPS) is 16.5. The van der Waals surface area contributed by atoms with Crippen molar-refractivity contribution in [3.63, 3.8) is 0 Å². The minimum absolute atomic E-state index is 0.127. The van der Waals surface area contributed by atoms with E-state index in [0.717, 1.165) is 35.0 Å². The van der Waals surface area contributed by atoms with Gasteiger partial charge in [-0.3, -0.25) is 0 Å². The van der Waals surface area contributed by atoms with Crippen LogP contribution in [0.3, 0.4) is 0 Å². The summed E-state index contributed by atoms with van der Waals surface area (Å²) in [4.78, 5) is 2.25. The lowest BCUT2D eigenvalue weighted by Gasteiger charge is -2.26. The largest absolute Gasteiger partial charge is 0.495 e. The van der Waals surface area contributed by atoms with Crippen LogP contribution in [0.5, 0.6) is 11.5 Å². The fourth-order valence-corrected chi connectivity index (χ4v) is 3.48. The highest BCUT2D eigenvalue weighted by Gasteiger charge is 2.29. The average molecular weight is 364 g/mol. The first-order chi connectivity index (χ1) is 13.3. The van der Waals surface area contributed by atoms with Gasteiger partial charge >= 0.3 is 0 Å². The van der Waals surface area contributed by atoms with E-state index in [0.29, 0.717) is 13.2 Å². The molecule has 0 spiro atoms. The van der Waals surface area contributed by atoms with Crippen LogP contribution in [0.15, 0.2) is 67.0 Å². The molecule has 1 aromatic heterocycles. The third-order valence-corrected chi connectivity index (χ3v) is 4.71. The Morgan fingerprint density at radius 3 is 2.85 bits per heavy atom. The van der Waals surface area contributed by atoms with Gasteiger partial charge < -0.3 is 23.7 Å². The molecule has 27 heavy (non-hydrogen) atoms. The van der Waals surface area contributed by atoms with Crippen LogP contribution >= 0.6 is 0 Å². The van der Waals surface area contributed by atoms with E-state index in [2.05, 4.69) is 40.1 Å². The lowest BCUT2D eigenvalue weighted by Crippen LogP contribution is -2.23. The number of anilines is 1. The molecule has 0 aliphatic carbocycles. The van der Waals surface area contributed by atoms with Gasteiger partial charge in [0.1, 0.15) is 11.5 Å². The lowest BCUT2D eigenvalue weighted by molar-refractivity contribution is 0.113. The molecule has 1 aliphatic rings. The van der Waals surface area contributed by atoms with E-state index in [9.17, 15) is 0 Å². The molecule has 5 nitrogen and oxygen atoms in total. The monoisotopic (exact) mass is 364 g/mol. The summed E-state index contributed by atoms with van der Waals surface area (Å²) in [6, 6.07) is 18.3. The van der Waals surface area contributed by atoms with E-state index in [1.165, 1.54) is 0 Å². The highest BCUT2D eigenvalue weighted by Crippen LogP contribution is 2.37. The summed E-state index contributed by atoms with van der Waals surface area (Å²) < 4.78 is 19.3. The van der Waals surface area contributed by atoms with Gasteiger partial charge in [-0.05, 0) is 37.3 Å². The standard InChI is InChI=1S/C22H24N2O3/c1-3-26-19-8-6-7-18(15-19)23-12-11-17(16-23)22-24(13-14-27-22)20-9-4-5-10-21(20)25-2/h4-12,15-16,22H,3,13-14H2,1-2H3/t22-/m0/s1. The topological polar surface area (TPSA) is 35.9 Å². The zero-order valence-electron chi connectivity index (χ0n) is 15.7. The molecule has 1 atom stereocenters. The third-order valence-electron chi connectivity index (χ3n) is 4.71. The Bertz CT molecular complexity index is 906. The predicted octanol–water partition coefficient (Wildman–Crippen LogP) is 4.42. The van der Waals surface area contributed by atoms with Crippen molar-refractivity contribution in [2.24, 2.45) is 0 Å². The van der Waals surface area contributed by atoms with Crippen molar-refractivity contribution in [1.82, 2.24) is 4.57 Å². The lowest BCUT2D eigenvalue weighted by atomic mass is 10.2. The van der Waals surface area contributed by atoms with E-state index in [4.69, 9.17) is 14.2 Å². The van der Waals surface area contributed by atoms with Gasteiger partial charge in [0.2, 0.25) is 0 Å².